The van der Waals surface area contributed by atoms with Gasteiger partial charge in [-0.2, -0.15) is 0 Å². The Morgan fingerprint density at radius 1 is 0.257 bits per heavy atom. The van der Waals surface area contributed by atoms with E-state index >= 15 is 0 Å². The molecule has 2 nitrogen and oxygen atoms in total. The fourth-order valence-electron chi connectivity index (χ4n) is 11.9. The lowest BCUT2D eigenvalue weighted by atomic mass is 9.69. The minimum Gasteiger partial charge on any atom is -0.310 e. The Kier molecular flexibility index (Phi) is 10.6. The van der Waals surface area contributed by atoms with Gasteiger partial charge in [0.25, 0.3) is 0 Å². The van der Waals surface area contributed by atoms with E-state index in [2.05, 4.69) is 301 Å². The lowest BCUT2D eigenvalue weighted by molar-refractivity contribution is 0.797. The van der Waals surface area contributed by atoms with Gasteiger partial charge < -0.3 is 9.80 Å². The van der Waals surface area contributed by atoms with Gasteiger partial charge in [-0.1, -0.05) is 224 Å². The van der Waals surface area contributed by atoms with Crippen molar-refractivity contribution in [3.8, 4) is 65.4 Å². The van der Waals surface area contributed by atoms with E-state index in [1.165, 1.54) is 87.6 Å². The van der Waals surface area contributed by atoms with Gasteiger partial charge in [-0.25, -0.2) is 0 Å². The van der Waals surface area contributed by atoms with E-state index in [0.29, 0.717) is 0 Å². The molecule has 0 amide bonds. The molecule has 0 fully saturated rings. The number of rotatable bonds is 10. The van der Waals surface area contributed by atoms with Crippen LogP contribution in [-0.2, 0) is 5.41 Å². The van der Waals surface area contributed by atoms with Crippen molar-refractivity contribution in [3.63, 3.8) is 0 Å². The number of fused-ring (bicyclic) bond motifs is 10. The monoisotopic (exact) mass is 960 g/mol. The van der Waals surface area contributed by atoms with Crippen LogP contribution in [0.4, 0.5) is 34.1 Å². The van der Waals surface area contributed by atoms with Crippen molar-refractivity contribution in [2.45, 2.75) is 5.41 Å². The molecule has 0 saturated carbocycles. The minimum atomic E-state index is -0.756. The molecule has 1 spiro atoms. The predicted octanol–water partition coefficient (Wildman–Crippen LogP) is 19.7. The lowest BCUT2D eigenvalue weighted by Gasteiger charge is -2.36. The molecule has 12 aromatic rings. The highest BCUT2D eigenvalue weighted by Crippen LogP contribution is 2.70. The van der Waals surface area contributed by atoms with Crippen molar-refractivity contribution in [2.24, 2.45) is 0 Å². The Morgan fingerprint density at radius 3 is 1.24 bits per heavy atom. The van der Waals surface area contributed by atoms with Crippen LogP contribution in [0.2, 0.25) is 0 Å². The molecule has 74 heavy (non-hydrogen) atoms. The van der Waals surface area contributed by atoms with Crippen LogP contribution in [-0.4, -0.2) is 0 Å². The Labute approximate surface area is 437 Å². The molecule has 348 valence electrons. The highest BCUT2D eigenvalue weighted by Gasteiger charge is 2.56. The van der Waals surface area contributed by atoms with Crippen molar-refractivity contribution < 1.29 is 0 Å². The molecule has 1 atom stereocenters. The van der Waals surface area contributed by atoms with Crippen molar-refractivity contribution in [3.05, 3.63) is 313 Å². The standard InChI is InChI=1S/C71H48N2S/c1-7-22-49(23-8-1)51-38-42-57(43-39-51)72(55-30-15-5-16-31-55)59-46-47-62-64(48-59)71(68-66(62)69(53-26-11-3-12-27-53)74-70(68)54-28-13-4-14-29-54)63-36-20-19-34-60(63)61-35-21-37-65(67(61)71)73(56-32-17-6-18-33-56)58-44-40-52(41-45-58)50-24-9-2-10-25-50/h1-48H. The molecule has 2 aliphatic carbocycles. The first-order chi connectivity index (χ1) is 36.7. The molecule has 1 heterocycles. The summed E-state index contributed by atoms with van der Waals surface area (Å²) in [6.07, 6.45) is 0. The first-order valence-corrected chi connectivity index (χ1v) is 26.2. The summed E-state index contributed by atoms with van der Waals surface area (Å²) in [5.41, 5.74) is 23.3. The molecular weight excluding hydrogens is 913 g/mol. The van der Waals surface area contributed by atoms with Crippen molar-refractivity contribution in [2.75, 3.05) is 9.80 Å². The van der Waals surface area contributed by atoms with E-state index in [-0.39, 0.29) is 0 Å². The highest BCUT2D eigenvalue weighted by molar-refractivity contribution is 7.19. The second-order valence-electron chi connectivity index (χ2n) is 19.1. The third-order valence-electron chi connectivity index (χ3n) is 15.1. The smallest absolute Gasteiger partial charge is 0.0761 e. The Bertz CT molecular complexity index is 3970. The zero-order valence-electron chi connectivity index (χ0n) is 40.5. The Balaban J connectivity index is 1.08. The maximum Gasteiger partial charge on any atom is 0.0761 e. The molecule has 1 aromatic heterocycles. The van der Waals surface area contributed by atoms with Gasteiger partial charge in [-0.15, -0.1) is 11.3 Å². The number of hydrogen-bond donors (Lipinski definition) is 0. The number of para-hydroxylation sites is 2. The van der Waals surface area contributed by atoms with Gasteiger partial charge >= 0.3 is 0 Å². The SMILES string of the molecule is c1ccc(-c2ccc(N(c3ccccc3)c3ccc4c(c3)C3(c5ccccc5-c5cccc(N(c6ccccc6)c6ccc(-c7ccccc7)cc6)c53)c3c(-c5ccccc5)sc(-c5ccccc5)c3-4)cc2)cc1. The molecule has 0 saturated heterocycles. The summed E-state index contributed by atoms with van der Waals surface area (Å²) >= 11 is 1.93. The zero-order valence-corrected chi connectivity index (χ0v) is 41.3. The van der Waals surface area contributed by atoms with Gasteiger partial charge in [-0.05, 0) is 133 Å². The summed E-state index contributed by atoms with van der Waals surface area (Å²) in [5, 5.41) is 0. The molecule has 2 aliphatic rings. The van der Waals surface area contributed by atoms with Crippen LogP contribution < -0.4 is 9.80 Å². The Morgan fingerprint density at radius 2 is 0.676 bits per heavy atom. The van der Waals surface area contributed by atoms with Gasteiger partial charge in [0.2, 0.25) is 0 Å². The van der Waals surface area contributed by atoms with Gasteiger partial charge in [0.05, 0.1) is 11.1 Å². The van der Waals surface area contributed by atoms with Crippen molar-refractivity contribution in [1.29, 1.82) is 0 Å². The largest absolute Gasteiger partial charge is 0.310 e. The predicted molar refractivity (Wildman–Crippen MR) is 312 cm³/mol. The van der Waals surface area contributed by atoms with E-state index in [1.54, 1.807) is 0 Å². The van der Waals surface area contributed by atoms with Crippen LogP contribution in [0, 0.1) is 0 Å². The van der Waals surface area contributed by atoms with E-state index in [9.17, 15) is 0 Å². The second-order valence-corrected chi connectivity index (χ2v) is 20.2. The van der Waals surface area contributed by atoms with Crippen LogP contribution in [0.1, 0.15) is 22.3 Å². The number of nitrogens with zero attached hydrogens (tertiary/aromatic N) is 2. The van der Waals surface area contributed by atoms with E-state index in [0.717, 1.165) is 34.1 Å². The molecule has 0 bridgehead atoms. The zero-order chi connectivity index (χ0) is 49.0. The number of thiophene rings is 1. The summed E-state index contributed by atoms with van der Waals surface area (Å²) in [6.45, 7) is 0. The van der Waals surface area contributed by atoms with Crippen LogP contribution >= 0.6 is 11.3 Å². The normalized spacial score (nSPS) is 13.7. The number of benzene rings is 11. The molecule has 14 rings (SSSR count). The third kappa shape index (κ3) is 7.00. The van der Waals surface area contributed by atoms with Gasteiger partial charge in [0.15, 0.2) is 0 Å². The quantitative estimate of drug-likeness (QED) is 0.135. The minimum absolute atomic E-state index is 0.756. The van der Waals surface area contributed by atoms with Crippen LogP contribution in [0.5, 0.6) is 0 Å². The number of anilines is 6. The van der Waals surface area contributed by atoms with E-state index in [1.807, 2.05) is 11.3 Å². The average molecular weight is 961 g/mol. The molecule has 3 heteroatoms. The lowest BCUT2D eigenvalue weighted by Crippen LogP contribution is -2.29. The molecule has 0 radical (unpaired) electrons. The first-order valence-electron chi connectivity index (χ1n) is 25.4. The van der Waals surface area contributed by atoms with Crippen molar-refractivity contribution in [1.82, 2.24) is 0 Å². The fraction of sp³-hybridized carbons (Fsp3) is 0.0141. The molecule has 0 aliphatic heterocycles. The van der Waals surface area contributed by atoms with Gasteiger partial charge in [-0.3, -0.25) is 0 Å². The second kappa shape index (κ2) is 18.1. The molecular formula is C71H48N2S. The summed E-state index contributed by atoms with van der Waals surface area (Å²) < 4.78 is 0. The summed E-state index contributed by atoms with van der Waals surface area (Å²) in [5.74, 6) is 0. The van der Waals surface area contributed by atoms with Crippen LogP contribution in [0.15, 0.2) is 291 Å². The summed E-state index contributed by atoms with van der Waals surface area (Å²) in [7, 11) is 0. The maximum atomic E-state index is 2.53. The third-order valence-corrected chi connectivity index (χ3v) is 16.4. The first kappa shape index (κ1) is 43.5. The highest BCUT2D eigenvalue weighted by atomic mass is 32.1. The fourth-order valence-corrected chi connectivity index (χ4v) is 13.3. The van der Waals surface area contributed by atoms with Crippen LogP contribution in [0.25, 0.3) is 65.4 Å². The Hall–Kier alpha value is -9.28. The van der Waals surface area contributed by atoms with Crippen LogP contribution in [0.3, 0.4) is 0 Å². The van der Waals surface area contributed by atoms with E-state index < -0.39 is 5.41 Å². The van der Waals surface area contributed by atoms with Crippen molar-refractivity contribution >= 4 is 45.5 Å². The topological polar surface area (TPSA) is 6.48 Å². The molecule has 11 aromatic carbocycles. The number of hydrogen-bond acceptors (Lipinski definition) is 3. The summed E-state index contributed by atoms with van der Waals surface area (Å²) in [4.78, 5) is 7.49. The van der Waals surface area contributed by atoms with Gasteiger partial charge in [0.1, 0.15) is 0 Å². The van der Waals surface area contributed by atoms with Gasteiger partial charge in [0, 0.05) is 49.3 Å². The molecule has 0 N–H and O–H groups in total. The average Bonchev–Trinajstić information content (AvgIpc) is 4.23. The van der Waals surface area contributed by atoms with E-state index in [4.69, 9.17) is 0 Å². The summed E-state index contributed by atoms with van der Waals surface area (Å²) in [6, 6.07) is 107. The maximum absolute atomic E-state index is 2.53. The molecule has 1 unspecified atom stereocenters.